The molecule has 0 amide bonds. The number of morpholine rings is 1. The van der Waals surface area contributed by atoms with Crippen molar-refractivity contribution >= 4 is 5.69 Å². The zero-order valence-corrected chi connectivity index (χ0v) is 12.4. The monoisotopic (exact) mass is 262 g/mol. The first-order valence-electron chi connectivity index (χ1n) is 7.37. The van der Waals surface area contributed by atoms with Crippen molar-refractivity contribution in [2.45, 2.75) is 39.3 Å². The molecular formula is C16H26N2O. The molecular weight excluding hydrogens is 236 g/mol. The molecule has 1 N–H and O–H groups in total. The average molecular weight is 262 g/mol. The number of hydrogen-bond donors (Lipinski definition) is 1. The highest BCUT2D eigenvalue weighted by molar-refractivity contribution is 5.45. The summed E-state index contributed by atoms with van der Waals surface area (Å²) in [6.07, 6.45) is 1.37. The van der Waals surface area contributed by atoms with Gasteiger partial charge in [-0.3, -0.25) is 4.90 Å². The summed E-state index contributed by atoms with van der Waals surface area (Å²) in [5, 5.41) is 3.50. The maximum Gasteiger partial charge on any atom is 0.0874 e. The lowest BCUT2D eigenvalue weighted by atomic mass is 10.1. The number of nitrogens with one attached hydrogen (secondary N) is 1. The van der Waals surface area contributed by atoms with E-state index in [1.807, 2.05) is 0 Å². The molecule has 0 bridgehead atoms. The van der Waals surface area contributed by atoms with Crippen molar-refractivity contribution in [3.8, 4) is 0 Å². The van der Waals surface area contributed by atoms with Crippen molar-refractivity contribution in [3.63, 3.8) is 0 Å². The van der Waals surface area contributed by atoms with Gasteiger partial charge in [-0.15, -0.1) is 0 Å². The van der Waals surface area contributed by atoms with E-state index in [9.17, 15) is 0 Å². The molecule has 1 saturated heterocycles. The first kappa shape index (κ1) is 14.4. The molecule has 0 aliphatic carbocycles. The lowest BCUT2D eigenvalue weighted by Gasteiger charge is -2.35. The number of aryl methyl sites for hydroxylation is 1. The number of nitrogens with zero attached hydrogens (tertiary/aromatic N) is 1. The third-order valence-corrected chi connectivity index (χ3v) is 3.77. The van der Waals surface area contributed by atoms with E-state index >= 15 is 0 Å². The van der Waals surface area contributed by atoms with Gasteiger partial charge in [-0.25, -0.2) is 0 Å². The fraction of sp³-hybridized carbons (Fsp3) is 0.625. The molecule has 1 aliphatic rings. The first-order chi connectivity index (χ1) is 9.19. The summed E-state index contributed by atoms with van der Waals surface area (Å²) in [5.74, 6) is 0. The van der Waals surface area contributed by atoms with Crippen LogP contribution < -0.4 is 5.32 Å². The third kappa shape index (κ3) is 4.22. The molecule has 3 nitrogen and oxygen atoms in total. The van der Waals surface area contributed by atoms with Gasteiger partial charge in [-0.05, 0) is 38.0 Å². The molecule has 1 heterocycles. The standard InChI is InChI=1S/C16H26N2O/c1-4-14-6-5-7-15(10-14)17-11-16-12-18(13(2)3)8-9-19-16/h5-7,10,13,16-17H,4,8-9,11-12H2,1-3H3. The van der Waals surface area contributed by atoms with E-state index in [1.54, 1.807) is 0 Å². The van der Waals surface area contributed by atoms with Crippen LogP contribution in [-0.2, 0) is 11.2 Å². The summed E-state index contributed by atoms with van der Waals surface area (Å²) in [5.41, 5.74) is 2.57. The topological polar surface area (TPSA) is 24.5 Å². The number of anilines is 1. The Bertz CT molecular complexity index is 392. The van der Waals surface area contributed by atoms with Crippen molar-refractivity contribution in [3.05, 3.63) is 29.8 Å². The lowest BCUT2D eigenvalue weighted by molar-refractivity contribution is -0.0315. The Kier molecular flexibility index (Phi) is 5.23. The Morgan fingerprint density at radius 3 is 3.00 bits per heavy atom. The summed E-state index contributed by atoms with van der Waals surface area (Å²) < 4.78 is 5.83. The molecule has 1 fully saturated rings. The van der Waals surface area contributed by atoms with E-state index in [-0.39, 0.29) is 0 Å². The maximum absolute atomic E-state index is 5.83. The van der Waals surface area contributed by atoms with Gasteiger partial charge < -0.3 is 10.1 Å². The minimum atomic E-state index is 0.293. The van der Waals surface area contributed by atoms with Gasteiger partial charge >= 0.3 is 0 Å². The fourth-order valence-electron chi connectivity index (χ4n) is 2.47. The van der Waals surface area contributed by atoms with Gasteiger partial charge in [0, 0.05) is 31.4 Å². The Morgan fingerprint density at radius 2 is 2.26 bits per heavy atom. The normalized spacial score (nSPS) is 20.7. The molecule has 1 aromatic carbocycles. The van der Waals surface area contributed by atoms with Gasteiger partial charge in [0.25, 0.3) is 0 Å². The summed E-state index contributed by atoms with van der Waals surface area (Å²) >= 11 is 0. The van der Waals surface area contributed by atoms with Crippen LogP contribution in [0.1, 0.15) is 26.3 Å². The predicted molar refractivity (Wildman–Crippen MR) is 80.8 cm³/mol. The average Bonchev–Trinajstić information content (AvgIpc) is 2.45. The largest absolute Gasteiger partial charge is 0.382 e. The van der Waals surface area contributed by atoms with Crippen molar-refractivity contribution in [1.29, 1.82) is 0 Å². The van der Waals surface area contributed by atoms with E-state index in [0.717, 1.165) is 32.7 Å². The van der Waals surface area contributed by atoms with E-state index < -0.39 is 0 Å². The zero-order valence-electron chi connectivity index (χ0n) is 12.4. The highest BCUT2D eigenvalue weighted by Gasteiger charge is 2.21. The van der Waals surface area contributed by atoms with Crippen LogP contribution in [0.2, 0.25) is 0 Å². The van der Waals surface area contributed by atoms with Gasteiger partial charge in [-0.1, -0.05) is 19.1 Å². The second-order valence-corrected chi connectivity index (χ2v) is 5.52. The molecule has 2 rings (SSSR count). The van der Waals surface area contributed by atoms with Gasteiger partial charge in [0.2, 0.25) is 0 Å². The summed E-state index contributed by atoms with van der Waals surface area (Å²) in [6, 6.07) is 9.24. The highest BCUT2D eigenvalue weighted by atomic mass is 16.5. The van der Waals surface area contributed by atoms with Gasteiger partial charge in [0.1, 0.15) is 0 Å². The van der Waals surface area contributed by atoms with Crippen molar-refractivity contribution < 1.29 is 4.74 Å². The first-order valence-corrected chi connectivity index (χ1v) is 7.37. The smallest absolute Gasteiger partial charge is 0.0874 e. The van der Waals surface area contributed by atoms with E-state index in [4.69, 9.17) is 4.74 Å². The Labute approximate surface area is 116 Å². The fourth-order valence-corrected chi connectivity index (χ4v) is 2.47. The number of ether oxygens (including phenoxy) is 1. The molecule has 1 unspecified atom stereocenters. The predicted octanol–water partition coefficient (Wildman–Crippen LogP) is 2.77. The van der Waals surface area contributed by atoms with Gasteiger partial charge in [-0.2, -0.15) is 0 Å². The summed E-state index contributed by atoms with van der Waals surface area (Å²) in [4.78, 5) is 2.48. The van der Waals surface area contributed by atoms with Crippen molar-refractivity contribution in [1.82, 2.24) is 4.90 Å². The second kappa shape index (κ2) is 6.92. The molecule has 3 heteroatoms. The van der Waals surface area contributed by atoms with Crippen LogP contribution in [0.25, 0.3) is 0 Å². The van der Waals surface area contributed by atoms with Crippen LogP contribution in [0.3, 0.4) is 0 Å². The number of rotatable bonds is 5. The van der Waals surface area contributed by atoms with Gasteiger partial charge in [0.15, 0.2) is 0 Å². The highest BCUT2D eigenvalue weighted by Crippen LogP contribution is 2.13. The minimum Gasteiger partial charge on any atom is -0.382 e. The molecule has 0 radical (unpaired) electrons. The minimum absolute atomic E-state index is 0.293. The number of hydrogen-bond acceptors (Lipinski definition) is 3. The molecule has 106 valence electrons. The lowest BCUT2D eigenvalue weighted by Crippen LogP contribution is -2.48. The maximum atomic E-state index is 5.83. The molecule has 1 atom stereocenters. The zero-order chi connectivity index (χ0) is 13.7. The van der Waals surface area contributed by atoms with Crippen molar-refractivity contribution in [2.75, 3.05) is 31.6 Å². The summed E-state index contributed by atoms with van der Waals surface area (Å²) in [7, 11) is 0. The molecule has 0 aromatic heterocycles. The third-order valence-electron chi connectivity index (χ3n) is 3.77. The summed E-state index contributed by atoms with van der Waals surface area (Å²) in [6.45, 7) is 10.5. The van der Waals surface area contributed by atoms with Crippen molar-refractivity contribution in [2.24, 2.45) is 0 Å². The van der Waals surface area contributed by atoms with Crippen LogP contribution in [-0.4, -0.2) is 43.3 Å². The second-order valence-electron chi connectivity index (χ2n) is 5.52. The quantitative estimate of drug-likeness (QED) is 0.883. The van der Waals surface area contributed by atoms with Gasteiger partial charge in [0.05, 0.1) is 12.7 Å². The number of benzene rings is 1. The van der Waals surface area contributed by atoms with Crippen LogP contribution in [0.15, 0.2) is 24.3 Å². The SMILES string of the molecule is CCc1cccc(NCC2CN(C(C)C)CCO2)c1. The molecule has 0 saturated carbocycles. The van der Waals surface area contributed by atoms with Crippen LogP contribution in [0.4, 0.5) is 5.69 Å². The van der Waals surface area contributed by atoms with Crippen LogP contribution in [0, 0.1) is 0 Å². The van der Waals surface area contributed by atoms with E-state index in [1.165, 1.54) is 11.3 Å². The molecule has 0 spiro atoms. The van der Waals surface area contributed by atoms with Crippen LogP contribution >= 0.6 is 0 Å². The Hall–Kier alpha value is -1.06. The Balaban J connectivity index is 1.84. The molecule has 19 heavy (non-hydrogen) atoms. The van der Waals surface area contributed by atoms with Crippen LogP contribution in [0.5, 0.6) is 0 Å². The molecule has 1 aliphatic heterocycles. The van der Waals surface area contributed by atoms with E-state index in [0.29, 0.717) is 12.1 Å². The molecule has 1 aromatic rings. The van der Waals surface area contributed by atoms with E-state index in [2.05, 4.69) is 55.3 Å². The Morgan fingerprint density at radius 1 is 1.42 bits per heavy atom.